The van der Waals surface area contributed by atoms with E-state index in [-0.39, 0.29) is 30.3 Å². The van der Waals surface area contributed by atoms with Crippen LogP contribution in [0.4, 0.5) is 0 Å². The van der Waals surface area contributed by atoms with Crippen molar-refractivity contribution in [1.82, 2.24) is 4.90 Å². The van der Waals surface area contributed by atoms with E-state index in [1.54, 1.807) is 0 Å². The van der Waals surface area contributed by atoms with Crippen LogP contribution in [0.5, 0.6) is 0 Å². The Morgan fingerprint density at radius 3 is 2.25 bits per heavy atom. The van der Waals surface area contributed by atoms with Crippen LogP contribution in [-0.2, 0) is 9.59 Å². The predicted octanol–water partition coefficient (Wildman–Crippen LogP) is 0.790. The van der Waals surface area contributed by atoms with Crippen LogP contribution >= 0.6 is 0 Å². The van der Waals surface area contributed by atoms with Crippen molar-refractivity contribution >= 4 is 11.8 Å². The summed E-state index contributed by atoms with van der Waals surface area (Å²) in [5.41, 5.74) is 0. The lowest BCUT2D eigenvalue weighted by molar-refractivity contribution is -0.140. The summed E-state index contributed by atoms with van der Waals surface area (Å²) in [4.78, 5) is 25.3. The lowest BCUT2D eigenvalue weighted by Crippen LogP contribution is -2.33. The largest absolute Gasteiger partial charge is 0.396 e. The molecule has 0 radical (unpaired) electrons. The molecule has 0 aromatic heterocycles. The minimum Gasteiger partial charge on any atom is -0.396 e. The predicted molar refractivity (Wildman–Crippen MR) is 58.4 cm³/mol. The second-order valence-corrected chi connectivity index (χ2v) is 4.86. The molecule has 90 valence electrons. The molecular weight excluding hydrogens is 206 g/mol. The normalized spacial score (nSPS) is 33.6. The Balaban J connectivity index is 2.04. The molecule has 2 aliphatic rings. The van der Waals surface area contributed by atoms with Crippen molar-refractivity contribution in [1.29, 1.82) is 0 Å². The molecule has 1 aliphatic carbocycles. The van der Waals surface area contributed by atoms with E-state index in [4.69, 9.17) is 5.11 Å². The van der Waals surface area contributed by atoms with Gasteiger partial charge in [0, 0.05) is 13.2 Å². The molecule has 2 amide bonds. The van der Waals surface area contributed by atoms with Gasteiger partial charge in [-0.3, -0.25) is 14.5 Å². The van der Waals surface area contributed by atoms with E-state index in [0.29, 0.717) is 18.9 Å². The SMILES string of the molecule is CCC1CC2C(=O)N(CCCO)C(=O)C2C1. The van der Waals surface area contributed by atoms with Gasteiger partial charge in [0.25, 0.3) is 0 Å². The Morgan fingerprint density at radius 1 is 1.25 bits per heavy atom. The average Bonchev–Trinajstić information content (AvgIpc) is 2.80. The highest BCUT2D eigenvalue weighted by Crippen LogP contribution is 2.44. The standard InChI is InChI=1S/C12H19NO3/c1-2-8-6-9-10(7-8)12(16)13(11(9)15)4-3-5-14/h8-10,14H,2-7H2,1H3. The Hall–Kier alpha value is -0.900. The van der Waals surface area contributed by atoms with Crippen molar-refractivity contribution in [2.75, 3.05) is 13.2 Å². The van der Waals surface area contributed by atoms with Gasteiger partial charge in [0.15, 0.2) is 0 Å². The molecule has 2 fully saturated rings. The van der Waals surface area contributed by atoms with Gasteiger partial charge in [-0.2, -0.15) is 0 Å². The van der Waals surface area contributed by atoms with E-state index >= 15 is 0 Å². The minimum atomic E-state index is -0.0591. The number of amides is 2. The molecule has 2 atom stereocenters. The average molecular weight is 225 g/mol. The molecule has 4 heteroatoms. The Bertz CT molecular complexity index is 279. The number of carbonyl (C=O) groups excluding carboxylic acids is 2. The summed E-state index contributed by atoms with van der Waals surface area (Å²) in [6.07, 6.45) is 3.31. The minimum absolute atomic E-state index is 0.000556. The van der Waals surface area contributed by atoms with Crippen LogP contribution in [-0.4, -0.2) is 35.0 Å². The van der Waals surface area contributed by atoms with Gasteiger partial charge in [0.2, 0.25) is 11.8 Å². The summed E-state index contributed by atoms with van der Waals surface area (Å²) in [6.45, 7) is 2.53. The fraction of sp³-hybridized carbons (Fsp3) is 0.833. The first-order valence-corrected chi connectivity index (χ1v) is 6.15. The highest BCUT2D eigenvalue weighted by atomic mass is 16.3. The quantitative estimate of drug-likeness (QED) is 0.720. The number of hydrogen-bond acceptors (Lipinski definition) is 3. The molecule has 4 nitrogen and oxygen atoms in total. The van der Waals surface area contributed by atoms with E-state index in [9.17, 15) is 9.59 Å². The molecule has 1 saturated carbocycles. The third kappa shape index (κ3) is 1.75. The second-order valence-electron chi connectivity index (χ2n) is 4.86. The zero-order chi connectivity index (χ0) is 11.7. The zero-order valence-electron chi connectivity index (χ0n) is 9.69. The Labute approximate surface area is 95.6 Å². The molecule has 1 saturated heterocycles. The van der Waals surface area contributed by atoms with Crippen molar-refractivity contribution in [2.45, 2.75) is 32.6 Å². The summed E-state index contributed by atoms with van der Waals surface area (Å²) in [7, 11) is 0. The summed E-state index contributed by atoms with van der Waals surface area (Å²) >= 11 is 0. The molecule has 1 heterocycles. The van der Waals surface area contributed by atoms with E-state index < -0.39 is 0 Å². The van der Waals surface area contributed by atoms with Crippen LogP contribution in [0.2, 0.25) is 0 Å². The first kappa shape index (κ1) is 11.6. The summed E-state index contributed by atoms with van der Waals surface area (Å²) in [6, 6.07) is 0. The lowest BCUT2D eigenvalue weighted by Gasteiger charge is -2.16. The van der Waals surface area contributed by atoms with Gasteiger partial charge in [0.05, 0.1) is 11.8 Å². The molecule has 0 aromatic rings. The van der Waals surface area contributed by atoms with Crippen molar-refractivity contribution in [3.8, 4) is 0 Å². The summed E-state index contributed by atoms with van der Waals surface area (Å²) in [5.74, 6) is 0.425. The van der Waals surface area contributed by atoms with Crippen molar-refractivity contribution in [3.05, 3.63) is 0 Å². The molecule has 2 rings (SSSR count). The number of aliphatic hydroxyl groups is 1. The molecule has 0 spiro atoms. The third-order valence-electron chi connectivity index (χ3n) is 3.94. The first-order valence-electron chi connectivity index (χ1n) is 6.15. The number of rotatable bonds is 4. The fourth-order valence-corrected chi connectivity index (χ4v) is 2.98. The van der Waals surface area contributed by atoms with Gasteiger partial charge in [-0.05, 0) is 25.2 Å². The van der Waals surface area contributed by atoms with E-state index in [1.807, 2.05) is 0 Å². The number of fused-ring (bicyclic) bond motifs is 1. The van der Waals surface area contributed by atoms with E-state index in [1.165, 1.54) is 4.90 Å². The lowest BCUT2D eigenvalue weighted by atomic mass is 10.00. The number of hydrogen-bond donors (Lipinski definition) is 1. The molecule has 2 unspecified atom stereocenters. The topological polar surface area (TPSA) is 57.6 Å². The maximum atomic E-state index is 12.0. The molecule has 16 heavy (non-hydrogen) atoms. The fourth-order valence-electron chi connectivity index (χ4n) is 2.98. The maximum Gasteiger partial charge on any atom is 0.233 e. The van der Waals surface area contributed by atoms with Gasteiger partial charge < -0.3 is 5.11 Å². The summed E-state index contributed by atoms with van der Waals surface area (Å²) < 4.78 is 0. The number of imide groups is 1. The van der Waals surface area contributed by atoms with Crippen LogP contribution in [0, 0.1) is 17.8 Å². The number of carbonyl (C=O) groups is 2. The molecule has 0 bridgehead atoms. The van der Waals surface area contributed by atoms with Crippen molar-refractivity contribution < 1.29 is 14.7 Å². The van der Waals surface area contributed by atoms with Crippen LogP contribution < -0.4 is 0 Å². The van der Waals surface area contributed by atoms with Crippen LogP contribution in [0.25, 0.3) is 0 Å². The van der Waals surface area contributed by atoms with Crippen LogP contribution in [0.15, 0.2) is 0 Å². The van der Waals surface area contributed by atoms with Crippen LogP contribution in [0.3, 0.4) is 0 Å². The third-order valence-corrected chi connectivity index (χ3v) is 3.94. The summed E-state index contributed by atoms with van der Waals surface area (Å²) in [5, 5.41) is 8.73. The van der Waals surface area contributed by atoms with E-state index in [2.05, 4.69) is 6.92 Å². The highest BCUT2D eigenvalue weighted by molar-refractivity contribution is 6.05. The first-order chi connectivity index (χ1) is 7.69. The van der Waals surface area contributed by atoms with Gasteiger partial charge in [-0.25, -0.2) is 0 Å². The number of likely N-dealkylation sites (tertiary alicyclic amines) is 1. The van der Waals surface area contributed by atoms with Gasteiger partial charge in [0.1, 0.15) is 0 Å². The van der Waals surface area contributed by atoms with Gasteiger partial charge >= 0.3 is 0 Å². The molecule has 0 aromatic carbocycles. The van der Waals surface area contributed by atoms with Gasteiger partial charge in [-0.1, -0.05) is 13.3 Å². The maximum absolute atomic E-state index is 12.0. The second kappa shape index (κ2) is 4.53. The van der Waals surface area contributed by atoms with Crippen molar-refractivity contribution in [3.63, 3.8) is 0 Å². The monoisotopic (exact) mass is 225 g/mol. The van der Waals surface area contributed by atoms with Crippen molar-refractivity contribution in [2.24, 2.45) is 17.8 Å². The number of aliphatic hydroxyl groups excluding tert-OH is 1. The highest BCUT2D eigenvalue weighted by Gasteiger charge is 2.51. The van der Waals surface area contributed by atoms with Crippen LogP contribution in [0.1, 0.15) is 32.6 Å². The van der Waals surface area contributed by atoms with Gasteiger partial charge in [-0.15, -0.1) is 0 Å². The van der Waals surface area contributed by atoms with E-state index in [0.717, 1.165) is 19.3 Å². The molecule has 1 N–H and O–H groups in total. The Morgan fingerprint density at radius 2 is 1.81 bits per heavy atom. The Kier molecular flexibility index (Phi) is 3.28. The number of nitrogens with zero attached hydrogens (tertiary/aromatic N) is 1. The zero-order valence-corrected chi connectivity index (χ0v) is 9.69. The smallest absolute Gasteiger partial charge is 0.233 e. The molecular formula is C12H19NO3. The molecule has 1 aliphatic heterocycles.